The maximum absolute atomic E-state index is 10.2. The first-order chi connectivity index (χ1) is 8.77. The van der Waals surface area contributed by atoms with Gasteiger partial charge >= 0.3 is 0 Å². The smallest absolute Gasteiger partial charge is 0.125 e. The first-order valence-corrected chi connectivity index (χ1v) is 6.52. The van der Waals surface area contributed by atoms with Crippen molar-refractivity contribution in [1.82, 2.24) is 0 Å². The van der Waals surface area contributed by atoms with Crippen LogP contribution >= 0.6 is 15.9 Å². The zero-order chi connectivity index (χ0) is 12.5. The van der Waals surface area contributed by atoms with Crippen molar-refractivity contribution in [3.05, 3.63) is 65.1 Å². The number of benzene rings is 3. The van der Waals surface area contributed by atoms with Crippen LogP contribution in [-0.4, -0.2) is 5.11 Å². The Hall–Kier alpha value is -1.80. The van der Waals surface area contributed by atoms with Gasteiger partial charge in [-0.1, -0.05) is 54.6 Å². The lowest BCUT2D eigenvalue weighted by atomic mass is 10.00. The molecule has 88 valence electrons. The molecule has 0 saturated carbocycles. The highest BCUT2D eigenvalue weighted by molar-refractivity contribution is 9.10. The fourth-order valence-electron chi connectivity index (χ4n) is 2.17. The van der Waals surface area contributed by atoms with Crippen LogP contribution in [0.15, 0.2) is 65.1 Å². The first kappa shape index (κ1) is 11.3. The molecule has 3 aromatic rings. The predicted octanol–water partition coefficient (Wildman–Crippen LogP) is 4.97. The summed E-state index contributed by atoms with van der Waals surface area (Å²) >= 11 is 3.61. The van der Waals surface area contributed by atoms with E-state index in [4.69, 9.17) is 0 Å². The molecule has 0 saturated heterocycles. The van der Waals surface area contributed by atoms with Gasteiger partial charge in [0.1, 0.15) is 5.75 Å². The van der Waals surface area contributed by atoms with Crippen LogP contribution in [0.2, 0.25) is 0 Å². The highest BCUT2D eigenvalue weighted by Gasteiger charge is 2.12. The normalized spacial score (nSPS) is 10.7. The number of fused-ring (bicyclic) bond motifs is 1. The summed E-state index contributed by atoms with van der Waals surface area (Å²) in [5.74, 6) is 0.298. The van der Waals surface area contributed by atoms with Gasteiger partial charge in [-0.15, -0.1) is 0 Å². The minimum Gasteiger partial charge on any atom is -0.507 e. The van der Waals surface area contributed by atoms with E-state index in [0.717, 1.165) is 26.4 Å². The van der Waals surface area contributed by atoms with Crippen LogP contribution in [0.25, 0.3) is 21.9 Å². The maximum atomic E-state index is 10.2. The van der Waals surface area contributed by atoms with Gasteiger partial charge in [-0.3, -0.25) is 0 Å². The van der Waals surface area contributed by atoms with Crippen molar-refractivity contribution in [3.63, 3.8) is 0 Å². The van der Waals surface area contributed by atoms with Crippen molar-refractivity contribution in [1.29, 1.82) is 0 Å². The second-order valence-corrected chi connectivity index (χ2v) is 4.96. The van der Waals surface area contributed by atoms with Crippen LogP contribution in [0.3, 0.4) is 0 Å². The van der Waals surface area contributed by atoms with Crippen molar-refractivity contribution in [3.8, 4) is 16.9 Å². The topological polar surface area (TPSA) is 20.2 Å². The number of phenols is 1. The highest BCUT2D eigenvalue weighted by Crippen LogP contribution is 2.41. The molecule has 1 N–H and O–H groups in total. The molecule has 0 aromatic heterocycles. The third-order valence-electron chi connectivity index (χ3n) is 3.03. The Morgan fingerprint density at radius 2 is 1.50 bits per heavy atom. The summed E-state index contributed by atoms with van der Waals surface area (Å²) in [5, 5.41) is 12.3. The van der Waals surface area contributed by atoms with Gasteiger partial charge in [0.15, 0.2) is 0 Å². The molecule has 0 unspecified atom stereocenters. The van der Waals surface area contributed by atoms with E-state index in [0.29, 0.717) is 5.75 Å². The van der Waals surface area contributed by atoms with Gasteiger partial charge in [-0.05, 0) is 38.3 Å². The Morgan fingerprint density at radius 1 is 0.833 bits per heavy atom. The van der Waals surface area contributed by atoms with Crippen molar-refractivity contribution in [2.75, 3.05) is 0 Å². The Balaban J connectivity index is 2.37. The third-order valence-corrected chi connectivity index (χ3v) is 3.85. The molecule has 0 spiro atoms. The summed E-state index contributed by atoms with van der Waals surface area (Å²) in [7, 11) is 0. The van der Waals surface area contributed by atoms with Crippen LogP contribution in [0, 0.1) is 0 Å². The minimum absolute atomic E-state index is 0.298. The fraction of sp³-hybridized carbons (Fsp3) is 0. The molecule has 0 radical (unpaired) electrons. The summed E-state index contributed by atoms with van der Waals surface area (Å²) in [6, 6.07) is 19.7. The molecule has 3 rings (SSSR count). The molecule has 0 aliphatic rings. The molecule has 18 heavy (non-hydrogen) atoms. The lowest BCUT2D eigenvalue weighted by Gasteiger charge is -2.11. The molecule has 0 fully saturated rings. The monoisotopic (exact) mass is 298 g/mol. The number of aromatic hydroxyl groups is 1. The number of rotatable bonds is 1. The fourth-order valence-corrected chi connectivity index (χ4v) is 2.96. The van der Waals surface area contributed by atoms with Crippen LogP contribution in [0.4, 0.5) is 0 Å². The highest BCUT2D eigenvalue weighted by atomic mass is 79.9. The van der Waals surface area contributed by atoms with Crippen LogP contribution in [0.5, 0.6) is 5.75 Å². The van der Waals surface area contributed by atoms with E-state index in [1.807, 2.05) is 60.7 Å². The minimum atomic E-state index is 0.298. The number of halogens is 1. The Morgan fingerprint density at radius 3 is 2.28 bits per heavy atom. The van der Waals surface area contributed by atoms with Gasteiger partial charge in [0.05, 0.1) is 0 Å². The van der Waals surface area contributed by atoms with Crippen molar-refractivity contribution >= 4 is 26.7 Å². The molecule has 0 amide bonds. The van der Waals surface area contributed by atoms with Gasteiger partial charge < -0.3 is 5.11 Å². The molecule has 1 nitrogen and oxygen atoms in total. The molecule has 3 aromatic carbocycles. The summed E-state index contributed by atoms with van der Waals surface area (Å²) < 4.78 is 0.935. The molecular weight excluding hydrogens is 288 g/mol. The molecule has 0 aliphatic carbocycles. The van der Waals surface area contributed by atoms with Crippen molar-refractivity contribution in [2.45, 2.75) is 0 Å². The van der Waals surface area contributed by atoms with E-state index in [9.17, 15) is 5.11 Å². The summed E-state index contributed by atoms with van der Waals surface area (Å²) in [6.07, 6.45) is 0. The molecule has 0 heterocycles. The second-order valence-electron chi connectivity index (χ2n) is 4.17. The lowest BCUT2D eigenvalue weighted by Crippen LogP contribution is -1.84. The van der Waals surface area contributed by atoms with Gasteiger partial charge in [0, 0.05) is 10.0 Å². The molecule has 0 atom stereocenters. The molecule has 0 bridgehead atoms. The van der Waals surface area contributed by atoms with Gasteiger partial charge in [-0.2, -0.15) is 0 Å². The second kappa shape index (κ2) is 4.46. The van der Waals surface area contributed by atoms with E-state index in [2.05, 4.69) is 15.9 Å². The van der Waals surface area contributed by atoms with Gasteiger partial charge in [0.25, 0.3) is 0 Å². The summed E-state index contributed by atoms with van der Waals surface area (Å²) in [5.41, 5.74) is 1.85. The van der Waals surface area contributed by atoms with E-state index in [1.54, 1.807) is 0 Å². The standard InChI is InChI=1S/C16H11BrO/c17-16-13-9-5-4-8-12(13)10-14(18)15(16)11-6-2-1-3-7-11/h1-10,18H. The predicted molar refractivity (Wildman–Crippen MR) is 78.7 cm³/mol. The van der Waals surface area contributed by atoms with E-state index in [-0.39, 0.29) is 0 Å². The average Bonchev–Trinajstić information content (AvgIpc) is 2.40. The Bertz CT molecular complexity index is 705. The van der Waals surface area contributed by atoms with Crippen LogP contribution in [0.1, 0.15) is 0 Å². The van der Waals surface area contributed by atoms with E-state index in [1.165, 1.54) is 0 Å². The van der Waals surface area contributed by atoms with E-state index < -0.39 is 0 Å². The number of hydrogen-bond acceptors (Lipinski definition) is 1. The quantitative estimate of drug-likeness (QED) is 0.672. The van der Waals surface area contributed by atoms with Crippen molar-refractivity contribution < 1.29 is 5.11 Å². The molecular formula is C16H11BrO. The molecule has 2 heteroatoms. The van der Waals surface area contributed by atoms with Crippen LogP contribution in [-0.2, 0) is 0 Å². The number of hydrogen-bond donors (Lipinski definition) is 1. The number of phenolic OH excluding ortho intramolecular Hbond substituents is 1. The lowest BCUT2D eigenvalue weighted by molar-refractivity contribution is 0.478. The Labute approximate surface area is 114 Å². The van der Waals surface area contributed by atoms with Gasteiger partial charge in [-0.25, -0.2) is 0 Å². The van der Waals surface area contributed by atoms with Gasteiger partial charge in [0.2, 0.25) is 0 Å². The summed E-state index contributed by atoms with van der Waals surface area (Å²) in [4.78, 5) is 0. The zero-order valence-corrected chi connectivity index (χ0v) is 11.2. The third kappa shape index (κ3) is 1.79. The summed E-state index contributed by atoms with van der Waals surface area (Å²) in [6.45, 7) is 0. The Kier molecular flexibility index (Phi) is 2.80. The largest absolute Gasteiger partial charge is 0.507 e. The molecule has 0 aliphatic heterocycles. The maximum Gasteiger partial charge on any atom is 0.125 e. The van der Waals surface area contributed by atoms with Crippen LogP contribution < -0.4 is 0 Å². The zero-order valence-electron chi connectivity index (χ0n) is 9.60. The van der Waals surface area contributed by atoms with Crippen molar-refractivity contribution in [2.24, 2.45) is 0 Å². The SMILES string of the molecule is Oc1cc2ccccc2c(Br)c1-c1ccccc1. The van der Waals surface area contributed by atoms with E-state index >= 15 is 0 Å². The first-order valence-electron chi connectivity index (χ1n) is 5.73. The average molecular weight is 299 g/mol.